The molecule has 126 valence electrons. The number of amides is 1. The van der Waals surface area contributed by atoms with Crippen LogP contribution in [-0.4, -0.2) is 36.7 Å². The van der Waals surface area contributed by atoms with Gasteiger partial charge in [0.15, 0.2) is 0 Å². The molecule has 6 heteroatoms. The summed E-state index contributed by atoms with van der Waals surface area (Å²) in [6.45, 7) is 7.54. The Kier molecular flexibility index (Phi) is 5.89. The van der Waals surface area contributed by atoms with Gasteiger partial charge in [0.1, 0.15) is 5.60 Å². The fraction of sp³-hybridized carbons (Fsp3) is 0.471. The summed E-state index contributed by atoms with van der Waals surface area (Å²) in [4.78, 5) is 14.5. The molecule has 1 aromatic heterocycles. The molecule has 0 aliphatic heterocycles. The van der Waals surface area contributed by atoms with Crippen molar-refractivity contribution < 1.29 is 9.53 Å². The first-order valence-electron chi connectivity index (χ1n) is 7.58. The number of carbonyl (C=O) groups is 1. The summed E-state index contributed by atoms with van der Waals surface area (Å²) in [7, 11) is 1.74. The van der Waals surface area contributed by atoms with Gasteiger partial charge in [-0.05, 0) is 26.8 Å². The van der Waals surface area contributed by atoms with Gasteiger partial charge in [0.2, 0.25) is 0 Å². The van der Waals surface area contributed by atoms with Crippen LogP contribution in [0.5, 0.6) is 0 Å². The first-order valence-corrected chi connectivity index (χ1v) is 8.78. The Morgan fingerprint density at radius 3 is 2.70 bits per heavy atom. The molecule has 0 aliphatic rings. The third-order valence-electron chi connectivity index (χ3n) is 3.22. The number of nitrogens with zero attached hydrogens (tertiary/aromatic N) is 1. The van der Waals surface area contributed by atoms with E-state index in [1.165, 1.54) is 4.70 Å². The maximum Gasteiger partial charge on any atom is 0.410 e. The van der Waals surface area contributed by atoms with Crippen LogP contribution in [0.4, 0.5) is 4.79 Å². The van der Waals surface area contributed by atoms with Crippen LogP contribution in [0.25, 0.3) is 10.1 Å². The lowest BCUT2D eigenvalue weighted by Gasteiger charge is -2.24. The number of thiophene rings is 1. The molecule has 0 aliphatic carbocycles. The zero-order valence-electron chi connectivity index (χ0n) is 14.0. The number of halogens is 1. The Morgan fingerprint density at radius 1 is 1.35 bits per heavy atom. The number of benzene rings is 1. The number of hydrogen-bond acceptors (Lipinski definition) is 4. The van der Waals surface area contributed by atoms with E-state index in [1.54, 1.807) is 23.3 Å². The zero-order chi connectivity index (χ0) is 17.0. The van der Waals surface area contributed by atoms with Gasteiger partial charge in [0.05, 0.1) is 5.02 Å². The predicted molar refractivity (Wildman–Crippen MR) is 97.4 cm³/mol. The van der Waals surface area contributed by atoms with E-state index in [-0.39, 0.29) is 6.09 Å². The second-order valence-corrected chi connectivity index (χ2v) is 7.93. The molecule has 23 heavy (non-hydrogen) atoms. The molecular formula is C17H23ClN2O2S. The van der Waals surface area contributed by atoms with Crippen LogP contribution in [0.1, 0.15) is 25.6 Å². The fourth-order valence-corrected chi connectivity index (χ4v) is 3.53. The van der Waals surface area contributed by atoms with E-state index >= 15 is 0 Å². The molecule has 4 nitrogen and oxygen atoms in total. The summed E-state index contributed by atoms with van der Waals surface area (Å²) in [5, 5.41) is 5.25. The van der Waals surface area contributed by atoms with Gasteiger partial charge < -0.3 is 15.0 Å². The largest absolute Gasteiger partial charge is 0.444 e. The maximum absolute atomic E-state index is 11.9. The Hall–Kier alpha value is -1.30. The lowest BCUT2D eigenvalue weighted by molar-refractivity contribution is 0.0300. The van der Waals surface area contributed by atoms with Crippen LogP contribution in [-0.2, 0) is 11.3 Å². The highest BCUT2D eigenvalue weighted by molar-refractivity contribution is 7.19. The van der Waals surface area contributed by atoms with E-state index in [9.17, 15) is 4.79 Å². The maximum atomic E-state index is 11.9. The number of nitrogens with one attached hydrogen (secondary N) is 1. The molecule has 0 unspecified atom stereocenters. The molecule has 0 spiro atoms. The molecule has 0 saturated carbocycles. The number of likely N-dealkylation sites (N-methyl/N-ethyl adjacent to an activating group) is 1. The van der Waals surface area contributed by atoms with Gasteiger partial charge in [-0.2, -0.15) is 0 Å². The highest BCUT2D eigenvalue weighted by Crippen LogP contribution is 2.34. The van der Waals surface area contributed by atoms with Crippen molar-refractivity contribution in [3.8, 4) is 0 Å². The Bertz CT molecular complexity index is 679. The van der Waals surface area contributed by atoms with E-state index < -0.39 is 5.60 Å². The molecule has 1 N–H and O–H groups in total. The Morgan fingerprint density at radius 2 is 2.04 bits per heavy atom. The van der Waals surface area contributed by atoms with E-state index in [2.05, 4.69) is 11.4 Å². The van der Waals surface area contributed by atoms with Crippen molar-refractivity contribution in [3.05, 3.63) is 34.2 Å². The summed E-state index contributed by atoms with van der Waals surface area (Å²) in [6.07, 6.45) is -0.306. The van der Waals surface area contributed by atoms with Gasteiger partial charge in [-0.25, -0.2) is 4.79 Å². The van der Waals surface area contributed by atoms with Crippen molar-refractivity contribution in [3.63, 3.8) is 0 Å². The summed E-state index contributed by atoms with van der Waals surface area (Å²) in [6, 6.07) is 8.12. The molecule has 1 heterocycles. The number of rotatable bonds is 5. The van der Waals surface area contributed by atoms with Crippen LogP contribution in [0.3, 0.4) is 0 Å². The molecule has 2 rings (SSSR count). The summed E-state index contributed by atoms with van der Waals surface area (Å²) in [5.74, 6) is 0. The van der Waals surface area contributed by atoms with Crippen molar-refractivity contribution in [2.24, 2.45) is 0 Å². The third kappa shape index (κ3) is 5.09. The Balaban J connectivity index is 1.80. The molecule has 0 atom stereocenters. The van der Waals surface area contributed by atoms with Crippen LogP contribution in [0, 0.1) is 0 Å². The summed E-state index contributed by atoms with van der Waals surface area (Å²) in [5.41, 5.74) is -0.469. The quantitative estimate of drug-likeness (QED) is 0.803. The second kappa shape index (κ2) is 7.51. The lowest BCUT2D eigenvalue weighted by atomic mass is 10.2. The number of carbonyl (C=O) groups excluding carboxylic acids is 1. The molecule has 0 bridgehead atoms. The number of fused-ring (bicyclic) bond motifs is 1. The van der Waals surface area contributed by atoms with Crippen LogP contribution in [0.2, 0.25) is 5.02 Å². The highest BCUT2D eigenvalue weighted by Gasteiger charge is 2.19. The number of ether oxygens (including phenoxy) is 1. The van der Waals surface area contributed by atoms with Crippen molar-refractivity contribution in [1.82, 2.24) is 10.2 Å². The molecule has 0 radical (unpaired) electrons. The van der Waals surface area contributed by atoms with Gasteiger partial charge in [0, 0.05) is 41.6 Å². The average molecular weight is 355 g/mol. The van der Waals surface area contributed by atoms with Gasteiger partial charge in [-0.15, -0.1) is 11.3 Å². The van der Waals surface area contributed by atoms with E-state index in [0.29, 0.717) is 19.6 Å². The predicted octanol–water partition coefficient (Wildman–Crippen LogP) is 4.51. The van der Waals surface area contributed by atoms with Gasteiger partial charge >= 0.3 is 6.09 Å². The molecule has 0 fully saturated rings. The monoisotopic (exact) mass is 354 g/mol. The van der Waals surface area contributed by atoms with Crippen molar-refractivity contribution in [2.45, 2.75) is 32.9 Å². The third-order valence-corrected chi connectivity index (χ3v) is 4.93. The Labute approximate surface area is 146 Å². The lowest BCUT2D eigenvalue weighted by Crippen LogP contribution is -2.37. The van der Waals surface area contributed by atoms with Crippen molar-refractivity contribution in [1.29, 1.82) is 0 Å². The first kappa shape index (κ1) is 18.0. The standard InChI is InChI=1S/C17H23ClN2O2S/c1-17(2,3)22-16(21)20(4)10-9-19-11-14-15(18)12-7-5-6-8-13(12)23-14/h5-8,19H,9-11H2,1-4H3. The van der Waals surface area contributed by atoms with E-state index in [0.717, 1.165) is 15.3 Å². The van der Waals surface area contributed by atoms with Gasteiger partial charge in [0.25, 0.3) is 0 Å². The minimum absolute atomic E-state index is 0.306. The van der Waals surface area contributed by atoms with Crippen LogP contribution < -0.4 is 5.32 Å². The zero-order valence-corrected chi connectivity index (χ0v) is 15.6. The van der Waals surface area contributed by atoms with Crippen LogP contribution >= 0.6 is 22.9 Å². The molecule has 2 aromatic rings. The minimum atomic E-state index is -0.469. The van der Waals surface area contributed by atoms with E-state index in [1.807, 2.05) is 39.0 Å². The van der Waals surface area contributed by atoms with Gasteiger partial charge in [-0.3, -0.25) is 0 Å². The SMILES string of the molecule is CN(CCNCc1sc2ccccc2c1Cl)C(=O)OC(C)(C)C. The second-order valence-electron chi connectivity index (χ2n) is 6.41. The molecule has 0 saturated heterocycles. The van der Waals surface area contributed by atoms with Crippen LogP contribution in [0.15, 0.2) is 24.3 Å². The molecular weight excluding hydrogens is 332 g/mol. The summed E-state index contributed by atoms with van der Waals surface area (Å²) >= 11 is 8.10. The molecule has 1 aromatic carbocycles. The minimum Gasteiger partial charge on any atom is -0.444 e. The smallest absolute Gasteiger partial charge is 0.410 e. The fourth-order valence-electron chi connectivity index (χ4n) is 2.06. The molecule has 1 amide bonds. The topological polar surface area (TPSA) is 41.6 Å². The van der Waals surface area contributed by atoms with E-state index in [4.69, 9.17) is 16.3 Å². The highest BCUT2D eigenvalue weighted by atomic mass is 35.5. The van der Waals surface area contributed by atoms with Crippen molar-refractivity contribution in [2.75, 3.05) is 20.1 Å². The van der Waals surface area contributed by atoms with Crippen molar-refractivity contribution >= 4 is 39.1 Å². The summed E-state index contributed by atoms with van der Waals surface area (Å²) < 4.78 is 6.51. The van der Waals surface area contributed by atoms with Gasteiger partial charge in [-0.1, -0.05) is 29.8 Å². The average Bonchev–Trinajstić information content (AvgIpc) is 2.78. The normalized spacial score (nSPS) is 11.7. The number of hydrogen-bond donors (Lipinski definition) is 1. The first-order chi connectivity index (χ1) is 10.8.